The second-order valence-electron chi connectivity index (χ2n) is 6.27. The fourth-order valence-electron chi connectivity index (χ4n) is 3.03. The molecule has 1 aliphatic heterocycles. The van der Waals surface area contributed by atoms with Crippen LogP contribution in [0.15, 0.2) is 29.1 Å². The molecule has 1 aromatic heterocycles. The highest BCUT2D eigenvalue weighted by atomic mass is 19.1. The fourth-order valence-corrected chi connectivity index (χ4v) is 3.03. The van der Waals surface area contributed by atoms with E-state index in [-0.39, 0.29) is 25.5 Å². The van der Waals surface area contributed by atoms with Crippen molar-refractivity contribution in [1.82, 2.24) is 19.8 Å². The van der Waals surface area contributed by atoms with E-state index in [0.717, 1.165) is 0 Å². The number of halogens is 1. The molecule has 3 rings (SSSR count). The lowest BCUT2D eigenvalue weighted by atomic mass is 10.2. The molecule has 2 amide bonds. The number of aromatic hydroxyl groups is 1. The Balaban J connectivity index is 1.88. The summed E-state index contributed by atoms with van der Waals surface area (Å²) >= 11 is 0. The van der Waals surface area contributed by atoms with Crippen LogP contribution in [0.4, 0.5) is 9.18 Å². The highest BCUT2D eigenvalue weighted by Crippen LogP contribution is 2.24. The maximum Gasteiger partial charge on any atom is 0.410 e. The molecule has 0 radical (unpaired) electrons. The van der Waals surface area contributed by atoms with Gasteiger partial charge in [0.25, 0.3) is 11.5 Å². The Morgan fingerprint density at radius 1 is 1.32 bits per heavy atom. The fraction of sp³-hybridized carbons (Fsp3) is 0.333. The standard InChI is InChI=1S/C18H19FN4O5/c1-10-15-21-13(16(25)20-9-11-3-5-12(19)6-4-11)14(24)17(26)23(15)8-7-22(10)18(27)28-2/h3-6,10,24H,7-9H2,1-2H3,(H,20,25). The molecule has 2 N–H and O–H groups in total. The third-order valence-corrected chi connectivity index (χ3v) is 4.57. The molecular formula is C18H19FN4O5. The maximum absolute atomic E-state index is 13.0. The first-order valence-corrected chi connectivity index (χ1v) is 8.54. The molecule has 0 bridgehead atoms. The SMILES string of the molecule is COC(=O)N1CCn2c(nc(C(=O)NCc3ccc(F)cc3)c(O)c2=O)C1C. The van der Waals surface area contributed by atoms with Crippen molar-refractivity contribution in [2.45, 2.75) is 26.1 Å². The molecule has 28 heavy (non-hydrogen) atoms. The predicted octanol–water partition coefficient (Wildman–Crippen LogP) is 1.16. The Labute approximate surface area is 159 Å². The number of methoxy groups -OCH3 is 1. The average Bonchev–Trinajstić information content (AvgIpc) is 2.69. The van der Waals surface area contributed by atoms with Crippen molar-refractivity contribution in [2.24, 2.45) is 0 Å². The predicted molar refractivity (Wildman–Crippen MR) is 95.3 cm³/mol. The van der Waals surface area contributed by atoms with Crippen molar-refractivity contribution in [3.63, 3.8) is 0 Å². The van der Waals surface area contributed by atoms with Crippen LogP contribution in [0.5, 0.6) is 5.75 Å². The molecule has 1 aliphatic rings. The summed E-state index contributed by atoms with van der Waals surface area (Å²) in [6.07, 6.45) is -0.580. The van der Waals surface area contributed by atoms with E-state index in [0.29, 0.717) is 5.56 Å². The maximum atomic E-state index is 13.0. The molecule has 0 spiro atoms. The van der Waals surface area contributed by atoms with Gasteiger partial charge in [-0.3, -0.25) is 19.1 Å². The Morgan fingerprint density at radius 3 is 2.64 bits per heavy atom. The Bertz CT molecular complexity index is 973. The number of fused-ring (bicyclic) bond motifs is 1. The Hall–Kier alpha value is -3.43. The van der Waals surface area contributed by atoms with E-state index >= 15 is 0 Å². The van der Waals surface area contributed by atoms with Gasteiger partial charge >= 0.3 is 6.09 Å². The summed E-state index contributed by atoms with van der Waals surface area (Å²) in [7, 11) is 1.25. The first-order chi connectivity index (χ1) is 13.3. The number of rotatable bonds is 3. The number of carbonyl (C=O) groups excluding carboxylic acids is 2. The topological polar surface area (TPSA) is 114 Å². The largest absolute Gasteiger partial charge is 0.501 e. The van der Waals surface area contributed by atoms with Gasteiger partial charge in [0.2, 0.25) is 5.75 Å². The number of carbonyl (C=O) groups is 2. The van der Waals surface area contributed by atoms with Gasteiger partial charge in [-0.05, 0) is 24.6 Å². The number of nitrogens with zero attached hydrogens (tertiary/aromatic N) is 3. The number of nitrogens with one attached hydrogen (secondary N) is 1. The molecule has 2 aromatic rings. The van der Waals surface area contributed by atoms with E-state index in [1.165, 1.54) is 40.8 Å². The van der Waals surface area contributed by atoms with Crippen LogP contribution in [0.3, 0.4) is 0 Å². The minimum Gasteiger partial charge on any atom is -0.501 e. The molecule has 1 unspecified atom stereocenters. The highest BCUT2D eigenvalue weighted by molar-refractivity contribution is 5.94. The van der Waals surface area contributed by atoms with Gasteiger partial charge < -0.3 is 15.2 Å². The zero-order valence-corrected chi connectivity index (χ0v) is 15.3. The molecule has 0 saturated carbocycles. The first-order valence-electron chi connectivity index (χ1n) is 8.54. The highest BCUT2D eigenvalue weighted by Gasteiger charge is 2.33. The third-order valence-electron chi connectivity index (χ3n) is 4.57. The van der Waals surface area contributed by atoms with Gasteiger partial charge in [-0.1, -0.05) is 12.1 Å². The van der Waals surface area contributed by atoms with Gasteiger partial charge in [0.1, 0.15) is 11.6 Å². The Morgan fingerprint density at radius 2 is 2.00 bits per heavy atom. The number of benzene rings is 1. The van der Waals surface area contributed by atoms with Crippen LogP contribution in [0.1, 0.15) is 34.8 Å². The first kappa shape index (κ1) is 19.3. The van der Waals surface area contributed by atoms with Crippen molar-refractivity contribution in [3.8, 4) is 5.75 Å². The minimum absolute atomic E-state index is 0.0580. The number of aromatic nitrogens is 2. The van der Waals surface area contributed by atoms with Crippen LogP contribution in [-0.4, -0.2) is 45.2 Å². The van der Waals surface area contributed by atoms with Gasteiger partial charge in [-0.2, -0.15) is 0 Å². The molecule has 1 atom stereocenters. The van der Waals surface area contributed by atoms with E-state index in [1.807, 2.05) is 0 Å². The van der Waals surface area contributed by atoms with Crippen LogP contribution in [0.2, 0.25) is 0 Å². The molecule has 0 fully saturated rings. The lowest BCUT2D eigenvalue weighted by molar-refractivity contribution is 0.0915. The van der Waals surface area contributed by atoms with Gasteiger partial charge in [0.15, 0.2) is 5.69 Å². The van der Waals surface area contributed by atoms with Crippen LogP contribution in [0, 0.1) is 5.82 Å². The minimum atomic E-state index is -0.765. The summed E-state index contributed by atoms with van der Waals surface area (Å²) in [5, 5.41) is 12.7. The zero-order chi connectivity index (χ0) is 20.4. The molecule has 1 aromatic carbocycles. The molecule has 9 nitrogen and oxygen atoms in total. The number of hydrogen-bond acceptors (Lipinski definition) is 6. The summed E-state index contributed by atoms with van der Waals surface area (Å²) in [5.41, 5.74) is -0.556. The molecule has 0 aliphatic carbocycles. The summed E-state index contributed by atoms with van der Waals surface area (Å²) < 4.78 is 18.9. The van der Waals surface area contributed by atoms with Crippen LogP contribution >= 0.6 is 0 Å². The summed E-state index contributed by atoms with van der Waals surface area (Å²) in [5.74, 6) is -1.75. The number of hydrogen-bond donors (Lipinski definition) is 2. The monoisotopic (exact) mass is 390 g/mol. The third kappa shape index (κ3) is 3.53. The number of ether oxygens (including phenoxy) is 1. The van der Waals surface area contributed by atoms with Crippen molar-refractivity contribution in [2.75, 3.05) is 13.7 Å². The molecule has 148 valence electrons. The molecule has 10 heteroatoms. The average molecular weight is 390 g/mol. The Kier molecular flexibility index (Phi) is 5.30. The molecule has 0 saturated heterocycles. The summed E-state index contributed by atoms with van der Waals surface area (Å²) in [6, 6.07) is 4.89. The van der Waals surface area contributed by atoms with Crippen molar-refractivity contribution in [1.29, 1.82) is 0 Å². The van der Waals surface area contributed by atoms with Crippen molar-refractivity contribution < 1.29 is 23.8 Å². The van der Waals surface area contributed by atoms with Crippen LogP contribution < -0.4 is 10.9 Å². The molecular weight excluding hydrogens is 371 g/mol. The second kappa shape index (κ2) is 7.67. The summed E-state index contributed by atoms with van der Waals surface area (Å²) in [6.45, 7) is 2.03. The summed E-state index contributed by atoms with van der Waals surface area (Å²) in [4.78, 5) is 42.3. The lowest BCUT2D eigenvalue weighted by Crippen LogP contribution is -2.45. The van der Waals surface area contributed by atoms with Crippen LogP contribution in [-0.2, 0) is 17.8 Å². The van der Waals surface area contributed by atoms with Gasteiger partial charge in [-0.15, -0.1) is 0 Å². The zero-order valence-electron chi connectivity index (χ0n) is 15.3. The lowest BCUT2D eigenvalue weighted by Gasteiger charge is -2.33. The van der Waals surface area contributed by atoms with E-state index in [4.69, 9.17) is 4.74 Å². The van der Waals surface area contributed by atoms with Crippen molar-refractivity contribution in [3.05, 3.63) is 57.5 Å². The quantitative estimate of drug-likeness (QED) is 0.813. The van der Waals surface area contributed by atoms with Gasteiger partial charge in [-0.25, -0.2) is 14.2 Å². The second-order valence-corrected chi connectivity index (χ2v) is 6.27. The van der Waals surface area contributed by atoms with E-state index < -0.39 is 40.9 Å². The van der Waals surface area contributed by atoms with Gasteiger partial charge in [0.05, 0.1) is 13.2 Å². The van der Waals surface area contributed by atoms with Gasteiger partial charge in [0, 0.05) is 19.6 Å². The number of amides is 2. The molecule has 2 heterocycles. The van der Waals surface area contributed by atoms with Crippen LogP contribution in [0.25, 0.3) is 0 Å². The van der Waals surface area contributed by atoms with E-state index in [9.17, 15) is 23.9 Å². The normalized spacial score (nSPS) is 15.7. The van der Waals surface area contributed by atoms with E-state index in [1.54, 1.807) is 6.92 Å². The smallest absolute Gasteiger partial charge is 0.410 e. The van der Waals surface area contributed by atoms with E-state index in [2.05, 4.69) is 10.3 Å². The van der Waals surface area contributed by atoms with Crippen molar-refractivity contribution >= 4 is 12.0 Å².